The van der Waals surface area contributed by atoms with E-state index in [1.165, 1.54) is 6.42 Å². The van der Waals surface area contributed by atoms with Gasteiger partial charge in [-0.1, -0.05) is 19.8 Å². The lowest BCUT2D eigenvalue weighted by atomic mass is 9.80. The Kier molecular flexibility index (Phi) is 5.85. The summed E-state index contributed by atoms with van der Waals surface area (Å²) in [6, 6.07) is 0.329. The molecule has 4 heteroatoms. The molecule has 1 aliphatic carbocycles. The van der Waals surface area contributed by atoms with Crippen molar-refractivity contribution in [1.29, 1.82) is 0 Å². The normalized spacial score (nSPS) is 33.0. The maximum Gasteiger partial charge on any atom is 0.237 e. The largest absolute Gasteiger partial charge is 0.393 e. The van der Waals surface area contributed by atoms with Crippen molar-refractivity contribution in [3.05, 3.63) is 0 Å². The van der Waals surface area contributed by atoms with E-state index in [-0.39, 0.29) is 18.1 Å². The Morgan fingerprint density at radius 2 is 2.05 bits per heavy atom. The fourth-order valence-electron chi connectivity index (χ4n) is 3.89. The molecule has 20 heavy (non-hydrogen) atoms. The van der Waals surface area contributed by atoms with Crippen LogP contribution in [0.25, 0.3) is 0 Å². The van der Waals surface area contributed by atoms with Crippen LogP contribution in [0.3, 0.4) is 0 Å². The fourth-order valence-corrected chi connectivity index (χ4v) is 3.89. The molecule has 2 fully saturated rings. The molecule has 1 saturated carbocycles. The second-order valence-electron chi connectivity index (χ2n) is 6.43. The third-order valence-electron chi connectivity index (χ3n) is 5.04. The molecule has 1 saturated heterocycles. The lowest BCUT2D eigenvalue weighted by Crippen LogP contribution is -2.51. The quantitative estimate of drug-likeness (QED) is 0.810. The molecule has 1 aliphatic heterocycles. The smallest absolute Gasteiger partial charge is 0.237 e. The van der Waals surface area contributed by atoms with E-state index in [1.807, 2.05) is 6.92 Å². The van der Waals surface area contributed by atoms with Crippen LogP contribution in [-0.4, -0.2) is 47.2 Å². The molecule has 4 unspecified atom stereocenters. The van der Waals surface area contributed by atoms with Gasteiger partial charge in [0.05, 0.1) is 12.1 Å². The van der Waals surface area contributed by atoms with Crippen molar-refractivity contribution in [2.24, 2.45) is 5.92 Å². The van der Waals surface area contributed by atoms with Gasteiger partial charge in [-0.05, 0) is 45.6 Å². The number of aliphatic hydroxyl groups excluding tert-OH is 1. The zero-order valence-electron chi connectivity index (χ0n) is 13.0. The van der Waals surface area contributed by atoms with Crippen molar-refractivity contribution in [3.8, 4) is 0 Å². The maximum atomic E-state index is 12.2. The number of aliphatic hydroxyl groups is 1. The molecule has 1 heterocycles. The van der Waals surface area contributed by atoms with Gasteiger partial charge in [0, 0.05) is 18.5 Å². The number of rotatable bonds is 5. The van der Waals surface area contributed by atoms with Crippen LogP contribution < -0.4 is 5.32 Å². The monoisotopic (exact) mass is 282 g/mol. The molecule has 4 nitrogen and oxygen atoms in total. The van der Waals surface area contributed by atoms with E-state index in [9.17, 15) is 9.90 Å². The Balaban J connectivity index is 1.97. The molecule has 0 aromatic rings. The van der Waals surface area contributed by atoms with Crippen molar-refractivity contribution < 1.29 is 9.90 Å². The molecule has 116 valence electrons. The predicted molar refractivity (Wildman–Crippen MR) is 80.5 cm³/mol. The van der Waals surface area contributed by atoms with Crippen LogP contribution in [0.2, 0.25) is 0 Å². The number of hydrogen-bond acceptors (Lipinski definition) is 3. The van der Waals surface area contributed by atoms with Crippen molar-refractivity contribution in [2.75, 3.05) is 13.1 Å². The number of nitrogens with zero attached hydrogens (tertiary/aromatic N) is 1. The van der Waals surface area contributed by atoms with Gasteiger partial charge in [0.15, 0.2) is 0 Å². The molecule has 0 aromatic heterocycles. The van der Waals surface area contributed by atoms with Crippen LogP contribution in [0.5, 0.6) is 0 Å². The van der Waals surface area contributed by atoms with Crippen LogP contribution in [0, 0.1) is 5.92 Å². The fraction of sp³-hybridized carbons (Fsp3) is 0.938. The van der Waals surface area contributed by atoms with E-state index in [0.29, 0.717) is 12.0 Å². The van der Waals surface area contributed by atoms with Gasteiger partial charge in [-0.15, -0.1) is 0 Å². The van der Waals surface area contributed by atoms with Crippen molar-refractivity contribution in [1.82, 2.24) is 10.2 Å². The minimum atomic E-state index is -0.166. The van der Waals surface area contributed by atoms with Gasteiger partial charge in [-0.25, -0.2) is 0 Å². The van der Waals surface area contributed by atoms with Gasteiger partial charge in [-0.3, -0.25) is 9.69 Å². The number of carbonyl (C=O) groups is 1. The highest BCUT2D eigenvalue weighted by atomic mass is 16.3. The summed E-state index contributed by atoms with van der Waals surface area (Å²) in [7, 11) is 0. The van der Waals surface area contributed by atoms with Gasteiger partial charge < -0.3 is 10.4 Å². The van der Waals surface area contributed by atoms with Gasteiger partial charge >= 0.3 is 0 Å². The molecule has 2 rings (SSSR count). The molecule has 0 bridgehead atoms. The van der Waals surface area contributed by atoms with E-state index in [1.54, 1.807) is 0 Å². The summed E-state index contributed by atoms with van der Waals surface area (Å²) in [6.45, 7) is 5.84. The van der Waals surface area contributed by atoms with E-state index < -0.39 is 0 Å². The summed E-state index contributed by atoms with van der Waals surface area (Å²) in [4.78, 5) is 14.5. The summed E-state index contributed by atoms with van der Waals surface area (Å²) < 4.78 is 0. The van der Waals surface area contributed by atoms with E-state index >= 15 is 0 Å². The van der Waals surface area contributed by atoms with Crippen LogP contribution in [0.15, 0.2) is 0 Å². The molecular formula is C16H30N2O2. The summed E-state index contributed by atoms with van der Waals surface area (Å²) >= 11 is 0. The van der Waals surface area contributed by atoms with Gasteiger partial charge in [0.2, 0.25) is 5.91 Å². The maximum absolute atomic E-state index is 12.2. The zero-order chi connectivity index (χ0) is 14.5. The first-order valence-corrected chi connectivity index (χ1v) is 8.36. The van der Waals surface area contributed by atoms with Gasteiger partial charge in [-0.2, -0.15) is 0 Å². The number of likely N-dealkylation sites (tertiary alicyclic amines) is 1. The predicted octanol–water partition coefficient (Wildman–Crippen LogP) is 1.92. The number of amides is 1. The van der Waals surface area contributed by atoms with Crippen molar-refractivity contribution in [3.63, 3.8) is 0 Å². The molecule has 1 amide bonds. The van der Waals surface area contributed by atoms with E-state index in [2.05, 4.69) is 17.1 Å². The lowest BCUT2D eigenvalue weighted by Gasteiger charge is -2.39. The third kappa shape index (κ3) is 3.53. The standard InChI is InChI=1S/C16H30N2O2/c1-3-10-17-16(20)12(2)18-11-6-8-14(18)13-7-4-5-9-15(13)19/h12-15,19H,3-11H2,1-2H3,(H,17,20). The first-order valence-electron chi connectivity index (χ1n) is 8.36. The Bertz CT molecular complexity index is 322. The highest BCUT2D eigenvalue weighted by molar-refractivity contribution is 5.81. The molecule has 0 aromatic carbocycles. The van der Waals surface area contributed by atoms with Crippen LogP contribution in [-0.2, 0) is 4.79 Å². The molecule has 2 aliphatic rings. The Morgan fingerprint density at radius 1 is 1.30 bits per heavy atom. The Hall–Kier alpha value is -0.610. The highest BCUT2D eigenvalue weighted by Crippen LogP contribution is 2.35. The van der Waals surface area contributed by atoms with E-state index in [4.69, 9.17) is 0 Å². The minimum absolute atomic E-state index is 0.0665. The zero-order valence-corrected chi connectivity index (χ0v) is 13.0. The second-order valence-corrected chi connectivity index (χ2v) is 6.43. The topological polar surface area (TPSA) is 52.6 Å². The number of nitrogens with one attached hydrogen (secondary N) is 1. The van der Waals surface area contributed by atoms with Crippen LogP contribution >= 0.6 is 0 Å². The lowest BCUT2D eigenvalue weighted by molar-refractivity contribution is -0.127. The van der Waals surface area contributed by atoms with Crippen molar-refractivity contribution in [2.45, 2.75) is 77.0 Å². The second kappa shape index (κ2) is 7.41. The molecule has 2 N–H and O–H groups in total. The van der Waals surface area contributed by atoms with Gasteiger partial charge in [0.1, 0.15) is 0 Å². The van der Waals surface area contributed by atoms with E-state index in [0.717, 1.165) is 51.6 Å². The first kappa shape index (κ1) is 15.8. The van der Waals surface area contributed by atoms with Crippen molar-refractivity contribution >= 4 is 5.91 Å². The summed E-state index contributed by atoms with van der Waals surface area (Å²) in [5.74, 6) is 0.511. The molecule has 4 atom stereocenters. The summed E-state index contributed by atoms with van der Waals surface area (Å²) in [5.41, 5.74) is 0. The van der Waals surface area contributed by atoms with Crippen LogP contribution in [0.4, 0.5) is 0 Å². The Labute approximate surface area is 122 Å². The molecule has 0 radical (unpaired) electrons. The highest BCUT2D eigenvalue weighted by Gasteiger charge is 2.40. The molecular weight excluding hydrogens is 252 g/mol. The van der Waals surface area contributed by atoms with Crippen LogP contribution in [0.1, 0.15) is 58.8 Å². The Morgan fingerprint density at radius 3 is 2.75 bits per heavy atom. The summed E-state index contributed by atoms with van der Waals surface area (Å²) in [5, 5.41) is 13.3. The number of carbonyl (C=O) groups excluding carboxylic acids is 1. The number of hydrogen-bond donors (Lipinski definition) is 2. The first-order chi connectivity index (χ1) is 9.65. The average Bonchev–Trinajstić information content (AvgIpc) is 2.93. The SMILES string of the molecule is CCCNC(=O)C(C)N1CCCC1C1CCCCC1O. The molecule has 0 spiro atoms. The average molecular weight is 282 g/mol. The minimum Gasteiger partial charge on any atom is -0.393 e. The van der Waals surface area contributed by atoms with Gasteiger partial charge in [0.25, 0.3) is 0 Å². The summed E-state index contributed by atoms with van der Waals surface area (Å²) in [6.07, 6.45) is 7.52. The third-order valence-corrected chi connectivity index (χ3v) is 5.04.